The minimum absolute atomic E-state index is 0.00367. The second-order valence-electron chi connectivity index (χ2n) is 3.24. The van der Waals surface area contributed by atoms with Gasteiger partial charge in [0, 0.05) is 19.4 Å². The molecule has 0 saturated heterocycles. The van der Waals surface area contributed by atoms with Gasteiger partial charge in [-0.2, -0.15) is 0 Å². The zero-order valence-electron chi connectivity index (χ0n) is 8.60. The number of hydrogen-bond donors (Lipinski definition) is 2. The number of nitrogens with zero attached hydrogens (tertiary/aromatic N) is 1. The lowest BCUT2D eigenvalue weighted by Gasteiger charge is -2.08. The summed E-state index contributed by atoms with van der Waals surface area (Å²) in [7, 11) is 0. The topological polar surface area (TPSA) is 88.0 Å². The van der Waals surface area contributed by atoms with E-state index < -0.39 is 12.1 Å². The Balaban J connectivity index is 2.26. The molecule has 0 saturated carbocycles. The van der Waals surface area contributed by atoms with Crippen molar-refractivity contribution in [1.82, 2.24) is 5.32 Å². The van der Waals surface area contributed by atoms with Crippen molar-refractivity contribution < 1.29 is 19.5 Å². The number of oxime groups is 1. The maximum Gasteiger partial charge on any atom is 0.353 e. The number of hydrogen-bond acceptors (Lipinski definition) is 4. The van der Waals surface area contributed by atoms with Gasteiger partial charge in [0.1, 0.15) is 0 Å². The maximum atomic E-state index is 11.4. The second-order valence-corrected chi connectivity index (χ2v) is 3.24. The van der Waals surface area contributed by atoms with Crippen LogP contribution >= 0.6 is 0 Å². The first kappa shape index (κ1) is 12.0. The fourth-order valence-electron chi connectivity index (χ4n) is 1.16. The van der Waals surface area contributed by atoms with Crippen molar-refractivity contribution >= 4 is 17.6 Å². The number of carbonyl (C=O) groups is 2. The molecular weight excluding hydrogens is 212 g/mol. The Morgan fingerprint density at radius 3 is 3.00 bits per heavy atom. The average molecular weight is 224 g/mol. The van der Waals surface area contributed by atoms with Crippen LogP contribution in [0.2, 0.25) is 0 Å². The van der Waals surface area contributed by atoms with E-state index in [0.29, 0.717) is 19.4 Å². The fraction of sp³-hybridized carbons (Fsp3) is 0.500. The number of nitrogens with one attached hydrogen (secondary N) is 1. The van der Waals surface area contributed by atoms with E-state index in [9.17, 15) is 9.59 Å². The molecule has 0 aliphatic carbocycles. The molecule has 2 N–H and O–H groups in total. The highest BCUT2D eigenvalue weighted by Gasteiger charge is 2.31. The van der Waals surface area contributed by atoms with Crippen LogP contribution in [0, 0.1) is 12.3 Å². The Hall–Kier alpha value is -2.03. The van der Waals surface area contributed by atoms with Crippen molar-refractivity contribution in [3.63, 3.8) is 0 Å². The Morgan fingerprint density at radius 1 is 1.69 bits per heavy atom. The average Bonchev–Trinajstić information content (AvgIpc) is 2.73. The van der Waals surface area contributed by atoms with Crippen LogP contribution in [0.4, 0.5) is 0 Å². The van der Waals surface area contributed by atoms with Gasteiger partial charge in [0.25, 0.3) is 5.91 Å². The summed E-state index contributed by atoms with van der Waals surface area (Å²) in [5, 5.41) is 14.5. The molecule has 0 spiro atoms. The van der Waals surface area contributed by atoms with E-state index in [1.165, 1.54) is 0 Å². The molecule has 1 atom stereocenters. The summed E-state index contributed by atoms with van der Waals surface area (Å²) in [5.41, 5.74) is -0.135. The number of rotatable bonds is 5. The van der Waals surface area contributed by atoms with Crippen LogP contribution in [0.5, 0.6) is 0 Å². The second kappa shape index (κ2) is 5.75. The lowest BCUT2D eigenvalue weighted by atomic mass is 10.1. The van der Waals surface area contributed by atoms with Crippen molar-refractivity contribution in [1.29, 1.82) is 0 Å². The van der Waals surface area contributed by atoms with Crippen LogP contribution in [-0.2, 0) is 14.4 Å². The molecule has 0 aromatic rings. The quantitative estimate of drug-likeness (QED) is 0.497. The van der Waals surface area contributed by atoms with Crippen molar-refractivity contribution in [2.24, 2.45) is 5.16 Å². The number of carboxylic acid groups (broad SMARTS) is 1. The van der Waals surface area contributed by atoms with Crippen LogP contribution in [0.25, 0.3) is 0 Å². The molecule has 0 radical (unpaired) electrons. The van der Waals surface area contributed by atoms with Gasteiger partial charge in [-0.3, -0.25) is 4.79 Å². The molecule has 6 nitrogen and oxygen atoms in total. The number of unbranched alkanes of at least 4 members (excludes halogenated alkanes) is 1. The fourth-order valence-corrected chi connectivity index (χ4v) is 1.16. The van der Waals surface area contributed by atoms with Gasteiger partial charge >= 0.3 is 5.97 Å². The summed E-state index contributed by atoms with van der Waals surface area (Å²) < 4.78 is 0. The maximum absolute atomic E-state index is 11.4. The summed E-state index contributed by atoms with van der Waals surface area (Å²) in [6.45, 7) is 0.450. The lowest BCUT2D eigenvalue weighted by molar-refractivity contribution is -0.131. The number of terminal acetylenes is 1. The molecule has 16 heavy (non-hydrogen) atoms. The number of carboxylic acids is 1. The van der Waals surface area contributed by atoms with E-state index in [4.69, 9.17) is 16.4 Å². The molecule has 1 aliphatic rings. The van der Waals surface area contributed by atoms with Crippen LogP contribution in [0.15, 0.2) is 5.16 Å². The van der Waals surface area contributed by atoms with Crippen molar-refractivity contribution in [2.45, 2.75) is 25.4 Å². The van der Waals surface area contributed by atoms with E-state index in [2.05, 4.69) is 16.4 Å². The first-order chi connectivity index (χ1) is 7.65. The molecule has 1 rings (SSSR count). The summed E-state index contributed by atoms with van der Waals surface area (Å²) in [6, 6.07) is 0. The van der Waals surface area contributed by atoms with Gasteiger partial charge in [-0.1, -0.05) is 5.16 Å². The highest BCUT2D eigenvalue weighted by molar-refractivity contribution is 6.36. The third kappa shape index (κ3) is 3.28. The smallest absolute Gasteiger partial charge is 0.353 e. The van der Waals surface area contributed by atoms with E-state index in [1.807, 2.05) is 0 Å². The van der Waals surface area contributed by atoms with Gasteiger partial charge in [-0.25, -0.2) is 4.79 Å². The van der Waals surface area contributed by atoms with E-state index >= 15 is 0 Å². The molecule has 86 valence electrons. The van der Waals surface area contributed by atoms with Gasteiger partial charge in [-0.05, 0) is 6.42 Å². The number of amides is 1. The van der Waals surface area contributed by atoms with Crippen LogP contribution < -0.4 is 5.32 Å². The first-order valence-electron chi connectivity index (χ1n) is 4.82. The lowest BCUT2D eigenvalue weighted by Crippen LogP contribution is -2.35. The van der Waals surface area contributed by atoms with Crippen molar-refractivity contribution in [3.05, 3.63) is 0 Å². The Kier molecular flexibility index (Phi) is 4.33. The molecule has 0 aromatic heterocycles. The number of aliphatic carboxylic acids is 1. The highest BCUT2D eigenvalue weighted by Crippen LogP contribution is 2.10. The molecule has 0 fully saturated rings. The first-order valence-corrected chi connectivity index (χ1v) is 4.82. The predicted molar refractivity (Wildman–Crippen MR) is 55.6 cm³/mol. The minimum Gasteiger partial charge on any atom is -0.477 e. The Bertz CT molecular complexity index is 356. The minimum atomic E-state index is -1.16. The summed E-state index contributed by atoms with van der Waals surface area (Å²) >= 11 is 0. The summed E-state index contributed by atoms with van der Waals surface area (Å²) in [5.74, 6) is 0.922. The van der Waals surface area contributed by atoms with Gasteiger partial charge in [0.05, 0.1) is 0 Å². The highest BCUT2D eigenvalue weighted by atomic mass is 16.6. The van der Waals surface area contributed by atoms with Crippen LogP contribution in [0.1, 0.15) is 19.3 Å². The summed E-state index contributed by atoms with van der Waals surface area (Å²) in [4.78, 5) is 26.6. The van der Waals surface area contributed by atoms with E-state index in [-0.39, 0.29) is 18.0 Å². The molecular formula is C10H12N2O4. The summed E-state index contributed by atoms with van der Waals surface area (Å²) in [6.07, 6.45) is 5.48. The van der Waals surface area contributed by atoms with Gasteiger partial charge in [-0.15, -0.1) is 12.3 Å². The van der Waals surface area contributed by atoms with Gasteiger partial charge < -0.3 is 15.3 Å². The Morgan fingerprint density at radius 2 is 2.44 bits per heavy atom. The van der Waals surface area contributed by atoms with Crippen LogP contribution in [-0.4, -0.2) is 35.3 Å². The normalized spacial score (nSPS) is 18.2. The molecule has 1 unspecified atom stereocenters. The standard InChI is InChI=1S/C10H12N2O4/c1-2-3-4-5-11-9(13)8-6-7(10(14)15)12-16-8/h1,8H,3-6H2,(H,11,13)(H,14,15). The van der Waals surface area contributed by atoms with Crippen molar-refractivity contribution in [3.8, 4) is 12.3 Å². The largest absolute Gasteiger partial charge is 0.477 e. The molecule has 1 aliphatic heterocycles. The van der Waals surface area contributed by atoms with Crippen molar-refractivity contribution in [2.75, 3.05) is 6.54 Å². The van der Waals surface area contributed by atoms with Gasteiger partial charge in [0.2, 0.25) is 6.10 Å². The number of carbonyl (C=O) groups excluding carboxylic acids is 1. The zero-order chi connectivity index (χ0) is 12.0. The molecule has 1 heterocycles. The Labute approximate surface area is 92.6 Å². The third-order valence-corrected chi connectivity index (χ3v) is 2.01. The van der Waals surface area contributed by atoms with E-state index in [1.54, 1.807) is 0 Å². The molecule has 0 bridgehead atoms. The van der Waals surface area contributed by atoms with Gasteiger partial charge in [0.15, 0.2) is 5.71 Å². The third-order valence-electron chi connectivity index (χ3n) is 2.01. The molecule has 6 heteroatoms. The monoisotopic (exact) mass is 224 g/mol. The SMILES string of the molecule is C#CCCCNC(=O)C1CC(C(=O)O)=NO1. The van der Waals surface area contributed by atoms with Crippen LogP contribution in [0.3, 0.4) is 0 Å². The van der Waals surface area contributed by atoms with E-state index in [0.717, 1.165) is 0 Å². The molecule has 0 aromatic carbocycles. The zero-order valence-corrected chi connectivity index (χ0v) is 8.60. The molecule has 1 amide bonds. The predicted octanol–water partition coefficient (Wildman–Crippen LogP) is -0.255.